The molecule has 1 unspecified atom stereocenters. The largest absolute Gasteiger partial charge is 0.391 e. The van der Waals surface area contributed by atoms with E-state index in [0.717, 1.165) is 5.56 Å². The first-order chi connectivity index (χ1) is 9.32. The highest BCUT2D eigenvalue weighted by atomic mass is 32.2. The number of amides is 1. The van der Waals surface area contributed by atoms with Crippen LogP contribution < -0.4 is 5.32 Å². The molecule has 0 bridgehead atoms. The minimum atomic E-state index is -0.555. The van der Waals surface area contributed by atoms with Crippen LogP contribution in [0.3, 0.4) is 0 Å². The smallest absolute Gasteiger partial charge is 0.244 e. The number of rotatable bonds is 5. The highest BCUT2D eigenvalue weighted by Gasteiger charge is 2.21. The van der Waals surface area contributed by atoms with E-state index < -0.39 is 6.10 Å². The predicted molar refractivity (Wildman–Crippen MR) is 85.7 cm³/mol. The molecular weight excluding hydrogens is 270 g/mol. The normalized spacial score (nSPS) is 13.4. The van der Waals surface area contributed by atoms with Gasteiger partial charge in [-0.15, -0.1) is 11.8 Å². The number of benzene rings is 1. The first kappa shape index (κ1) is 16.8. The van der Waals surface area contributed by atoms with Gasteiger partial charge in [0.05, 0.1) is 6.10 Å². The summed E-state index contributed by atoms with van der Waals surface area (Å²) in [6.45, 7) is 6.07. The Morgan fingerprint density at radius 2 is 1.95 bits per heavy atom. The van der Waals surface area contributed by atoms with Crippen LogP contribution in [0.15, 0.2) is 35.2 Å². The van der Waals surface area contributed by atoms with E-state index in [1.165, 1.54) is 11.0 Å². The van der Waals surface area contributed by atoms with Gasteiger partial charge in [0.25, 0.3) is 0 Å². The Bertz CT molecular complexity index is 460. The molecule has 1 rings (SSSR count). The van der Waals surface area contributed by atoms with E-state index in [9.17, 15) is 9.90 Å². The third-order valence-electron chi connectivity index (χ3n) is 3.01. The van der Waals surface area contributed by atoms with E-state index in [-0.39, 0.29) is 17.9 Å². The van der Waals surface area contributed by atoms with Gasteiger partial charge in [0.2, 0.25) is 5.91 Å². The topological polar surface area (TPSA) is 49.3 Å². The SMILES string of the molecule is CSc1ccc(/C=C/C(=O)NCC(O)C(C)(C)C)cc1. The molecule has 0 aliphatic heterocycles. The first-order valence-electron chi connectivity index (χ1n) is 6.61. The summed E-state index contributed by atoms with van der Waals surface area (Å²) in [5, 5.41) is 12.5. The first-order valence-corrected chi connectivity index (χ1v) is 7.83. The van der Waals surface area contributed by atoms with Gasteiger partial charge in [0.15, 0.2) is 0 Å². The Morgan fingerprint density at radius 1 is 1.35 bits per heavy atom. The summed E-state index contributed by atoms with van der Waals surface area (Å²) in [6, 6.07) is 7.98. The molecule has 110 valence electrons. The van der Waals surface area contributed by atoms with E-state index in [1.807, 2.05) is 51.3 Å². The van der Waals surface area contributed by atoms with E-state index in [1.54, 1.807) is 17.8 Å². The van der Waals surface area contributed by atoms with Gasteiger partial charge in [0.1, 0.15) is 0 Å². The number of nitrogens with one attached hydrogen (secondary N) is 1. The lowest BCUT2D eigenvalue weighted by Crippen LogP contribution is -2.38. The minimum absolute atomic E-state index is 0.192. The van der Waals surface area contributed by atoms with Crippen molar-refractivity contribution in [2.75, 3.05) is 12.8 Å². The van der Waals surface area contributed by atoms with Crippen molar-refractivity contribution in [3.8, 4) is 0 Å². The van der Waals surface area contributed by atoms with E-state index in [4.69, 9.17) is 0 Å². The van der Waals surface area contributed by atoms with E-state index in [2.05, 4.69) is 5.32 Å². The Labute approximate surface area is 125 Å². The lowest BCUT2D eigenvalue weighted by molar-refractivity contribution is -0.117. The molecule has 4 heteroatoms. The molecule has 1 aromatic rings. The second kappa shape index (κ2) is 7.50. The molecular formula is C16H23NO2S. The molecule has 1 amide bonds. The zero-order chi connectivity index (χ0) is 15.2. The van der Waals surface area contributed by atoms with E-state index >= 15 is 0 Å². The molecule has 3 nitrogen and oxygen atoms in total. The maximum absolute atomic E-state index is 11.7. The van der Waals surface area contributed by atoms with Crippen LogP contribution in [0.5, 0.6) is 0 Å². The number of carbonyl (C=O) groups excluding carboxylic acids is 1. The Balaban J connectivity index is 2.47. The average molecular weight is 293 g/mol. The van der Waals surface area contributed by atoms with Crippen LogP contribution in [0.2, 0.25) is 0 Å². The molecule has 20 heavy (non-hydrogen) atoms. The van der Waals surface area contributed by atoms with Crippen molar-refractivity contribution in [1.82, 2.24) is 5.32 Å². The highest BCUT2D eigenvalue weighted by molar-refractivity contribution is 7.98. The number of hydrogen-bond donors (Lipinski definition) is 2. The van der Waals surface area contributed by atoms with Crippen LogP contribution in [0.25, 0.3) is 6.08 Å². The van der Waals surface area contributed by atoms with Crippen LogP contribution in [-0.2, 0) is 4.79 Å². The zero-order valence-electron chi connectivity index (χ0n) is 12.5. The molecule has 2 N–H and O–H groups in total. The molecule has 1 aromatic carbocycles. The number of hydrogen-bond acceptors (Lipinski definition) is 3. The van der Waals surface area contributed by atoms with Crippen molar-refractivity contribution in [3.05, 3.63) is 35.9 Å². The fourth-order valence-corrected chi connectivity index (χ4v) is 1.86. The van der Waals surface area contributed by atoms with Gasteiger partial charge in [-0.25, -0.2) is 0 Å². The van der Waals surface area contributed by atoms with Crippen molar-refractivity contribution in [2.24, 2.45) is 5.41 Å². The van der Waals surface area contributed by atoms with Gasteiger partial charge in [-0.05, 0) is 35.4 Å². The molecule has 0 aliphatic carbocycles. The van der Waals surface area contributed by atoms with Gasteiger partial charge >= 0.3 is 0 Å². The summed E-state index contributed by atoms with van der Waals surface area (Å²) < 4.78 is 0. The molecule has 0 aromatic heterocycles. The van der Waals surface area contributed by atoms with Crippen LogP contribution in [0, 0.1) is 5.41 Å². The molecule has 0 saturated carbocycles. The van der Waals surface area contributed by atoms with Crippen molar-refractivity contribution in [3.63, 3.8) is 0 Å². The summed E-state index contributed by atoms with van der Waals surface area (Å²) in [5.74, 6) is -0.192. The quantitative estimate of drug-likeness (QED) is 0.648. The zero-order valence-corrected chi connectivity index (χ0v) is 13.3. The summed E-state index contributed by atoms with van der Waals surface area (Å²) in [4.78, 5) is 12.9. The molecule has 0 aliphatic rings. The second-order valence-electron chi connectivity index (χ2n) is 5.73. The van der Waals surface area contributed by atoms with Gasteiger partial charge in [-0.3, -0.25) is 4.79 Å². The lowest BCUT2D eigenvalue weighted by Gasteiger charge is -2.25. The van der Waals surface area contributed by atoms with E-state index in [0.29, 0.717) is 0 Å². The molecule has 1 atom stereocenters. The summed E-state index contributed by atoms with van der Waals surface area (Å²) in [7, 11) is 0. The maximum atomic E-state index is 11.7. The number of aliphatic hydroxyl groups excluding tert-OH is 1. The Hall–Kier alpha value is -1.26. The van der Waals surface area contributed by atoms with Crippen molar-refractivity contribution >= 4 is 23.7 Å². The minimum Gasteiger partial charge on any atom is -0.391 e. The molecule has 0 heterocycles. The summed E-state index contributed by atoms with van der Waals surface area (Å²) in [5.41, 5.74) is 0.749. The average Bonchev–Trinajstić information content (AvgIpc) is 2.41. The lowest BCUT2D eigenvalue weighted by atomic mass is 9.89. The fraction of sp³-hybridized carbons (Fsp3) is 0.438. The number of thioether (sulfide) groups is 1. The Morgan fingerprint density at radius 3 is 2.45 bits per heavy atom. The summed E-state index contributed by atoms with van der Waals surface area (Å²) in [6.07, 6.45) is 4.73. The second-order valence-corrected chi connectivity index (χ2v) is 6.61. The van der Waals surface area contributed by atoms with Crippen molar-refractivity contribution < 1.29 is 9.90 Å². The monoisotopic (exact) mass is 293 g/mol. The Kier molecular flexibility index (Phi) is 6.30. The maximum Gasteiger partial charge on any atom is 0.244 e. The standard InChI is InChI=1S/C16H23NO2S/c1-16(2,3)14(18)11-17-15(19)10-7-12-5-8-13(20-4)9-6-12/h5-10,14,18H,11H2,1-4H3,(H,17,19)/b10-7+. The number of aliphatic hydroxyl groups is 1. The molecule has 0 saturated heterocycles. The van der Waals surface area contributed by atoms with Gasteiger partial charge in [-0.1, -0.05) is 32.9 Å². The van der Waals surface area contributed by atoms with Crippen molar-refractivity contribution in [2.45, 2.75) is 31.8 Å². The van der Waals surface area contributed by atoms with Crippen LogP contribution in [-0.4, -0.2) is 29.9 Å². The van der Waals surface area contributed by atoms with Crippen LogP contribution in [0.1, 0.15) is 26.3 Å². The van der Waals surface area contributed by atoms with Crippen LogP contribution >= 0.6 is 11.8 Å². The van der Waals surface area contributed by atoms with Gasteiger partial charge in [0, 0.05) is 17.5 Å². The summed E-state index contributed by atoms with van der Waals surface area (Å²) >= 11 is 1.68. The number of carbonyl (C=O) groups is 1. The molecule has 0 radical (unpaired) electrons. The van der Waals surface area contributed by atoms with Crippen molar-refractivity contribution in [1.29, 1.82) is 0 Å². The van der Waals surface area contributed by atoms with Gasteiger partial charge in [-0.2, -0.15) is 0 Å². The molecule has 0 spiro atoms. The van der Waals surface area contributed by atoms with Crippen LogP contribution in [0.4, 0.5) is 0 Å². The third kappa shape index (κ3) is 5.80. The predicted octanol–water partition coefficient (Wildman–Crippen LogP) is 2.94. The van der Waals surface area contributed by atoms with Gasteiger partial charge < -0.3 is 10.4 Å². The molecule has 0 fully saturated rings. The third-order valence-corrected chi connectivity index (χ3v) is 3.76. The fourth-order valence-electron chi connectivity index (χ4n) is 1.45. The highest BCUT2D eigenvalue weighted by Crippen LogP contribution is 2.18.